The van der Waals surface area contributed by atoms with Crippen molar-refractivity contribution in [1.29, 1.82) is 0 Å². The van der Waals surface area contributed by atoms with Gasteiger partial charge in [0.05, 0.1) is 27.9 Å². The largest absolute Gasteiger partial charge is 0.493 e. The lowest BCUT2D eigenvalue weighted by Crippen LogP contribution is -2.71. The van der Waals surface area contributed by atoms with Crippen molar-refractivity contribution in [3.05, 3.63) is 42.0 Å². The second kappa shape index (κ2) is 7.98. The molecule has 1 aromatic carbocycles. The molecule has 3 rings (SSSR count). The van der Waals surface area contributed by atoms with Crippen LogP contribution in [0.1, 0.15) is 12.5 Å². The van der Waals surface area contributed by atoms with E-state index in [1.165, 1.54) is 38.4 Å². The molecule has 8 nitrogen and oxygen atoms in total. The first-order valence-electron chi connectivity index (χ1n) is 9.11. The number of ketones is 1. The van der Waals surface area contributed by atoms with Gasteiger partial charge in [-0.1, -0.05) is 0 Å². The van der Waals surface area contributed by atoms with Crippen LogP contribution in [0.2, 0.25) is 0 Å². The van der Waals surface area contributed by atoms with E-state index in [1.807, 2.05) is 0 Å². The molecular weight excluding hydrogens is 378 g/mol. The van der Waals surface area contributed by atoms with Crippen molar-refractivity contribution in [1.82, 2.24) is 4.90 Å². The first-order chi connectivity index (χ1) is 13.9. The average molecular weight is 401 g/mol. The number of carbonyl (C=O) groups is 3. The van der Waals surface area contributed by atoms with Gasteiger partial charge in [0.25, 0.3) is 0 Å². The van der Waals surface area contributed by atoms with Crippen molar-refractivity contribution in [3.8, 4) is 17.2 Å². The molecule has 2 aliphatic rings. The van der Waals surface area contributed by atoms with Gasteiger partial charge in [0.15, 0.2) is 23.2 Å². The Balaban J connectivity index is 1.97. The lowest BCUT2D eigenvalue weighted by Gasteiger charge is -2.54. The molecule has 0 aromatic heterocycles. The molecule has 0 N–H and O–H groups in total. The number of rotatable bonds is 7. The Hall–Kier alpha value is -3.29. The first-order valence-corrected chi connectivity index (χ1v) is 9.11. The molecule has 1 aliphatic heterocycles. The van der Waals surface area contributed by atoms with Crippen LogP contribution in [-0.2, 0) is 25.7 Å². The molecule has 1 atom stereocenters. The van der Waals surface area contributed by atoms with Crippen LogP contribution < -0.4 is 14.2 Å². The SMILES string of the molecule is CCOC(=O)[C@H]1C(=O)N(Cc2cc(OC)c(OC)c(OC)c2)C12C=CC(=O)C=C2. The number of nitrogens with zero attached hydrogens (tertiary/aromatic N) is 1. The molecule has 1 fully saturated rings. The summed E-state index contributed by atoms with van der Waals surface area (Å²) in [4.78, 5) is 38.4. The van der Waals surface area contributed by atoms with Gasteiger partial charge in [-0.05, 0) is 48.9 Å². The molecule has 29 heavy (non-hydrogen) atoms. The van der Waals surface area contributed by atoms with Crippen LogP contribution >= 0.6 is 0 Å². The lowest BCUT2D eigenvalue weighted by molar-refractivity contribution is -0.177. The summed E-state index contributed by atoms with van der Waals surface area (Å²) < 4.78 is 21.1. The minimum Gasteiger partial charge on any atom is -0.493 e. The van der Waals surface area contributed by atoms with E-state index in [9.17, 15) is 14.4 Å². The third-order valence-corrected chi connectivity index (χ3v) is 5.06. The number of benzene rings is 1. The molecule has 1 aliphatic carbocycles. The van der Waals surface area contributed by atoms with Gasteiger partial charge < -0.3 is 23.8 Å². The fourth-order valence-electron chi connectivity index (χ4n) is 3.69. The Kier molecular flexibility index (Phi) is 5.63. The van der Waals surface area contributed by atoms with Gasteiger partial charge in [-0.25, -0.2) is 0 Å². The van der Waals surface area contributed by atoms with E-state index in [2.05, 4.69) is 0 Å². The van der Waals surface area contributed by atoms with Crippen molar-refractivity contribution in [2.24, 2.45) is 5.92 Å². The summed E-state index contributed by atoms with van der Waals surface area (Å²) in [6.07, 6.45) is 5.88. The third-order valence-electron chi connectivity index (χ3n) is 5.06. The summed E-state index contributed by atoms with van der Waals surface area (Å²) in [7, 11) is 4.52. The maximum Gasteiger partial charge on any atom is 0.321 e. The number of hydrogen-bond acceptors (Lipinski definition) is 7. The fraction of sp³-hybridized carbons (Fsp3) is 0.381. The maximum atomic E-state index is 12.9. The van der Waals surface area contributed by atoms with Crippen LogP contribution in [0.4, 0.5) is 0 Å². The molecule has 1 saturated heterocycles. The molecule has 0 radical (unpaired) electrons. The topological polar surface area (TPSA) is 91.4 Å². The molecule has 0 bridgehead atoms. The zero-order valence-corrected chi connectivity index (χ0v) is 16.8. The highest BCUT2D eigenvalue weighted by atomic mass is 16.5. The van der Waals surface area contributed by atoms with Crippen LogP contribution in [0.25, 0.3) is 0 Å². The Morgan fingerprint density at radius 3 is 2.10 bits per heavy atom. The second-order valence-electron chi connectivity index (χ2n) is 6.60. The molecule has 1 amide bonds. The summed E-state index contributed by atoms with van der Waals surface area (Å²) >= 11 is 0. The van der Waals surface area contributed by atoms with E-state index in [0.717, 1.165) is 0 Å². The molecule has 0 saturated carbocycles. The molecule has 1 heterocycles. The Labute approximate surface area is 168 Å². The van der Waals surface area contributed by atoms with E-state index in [1.54, 1.807) is 31.2 Å². The number of likely N-dealkylation sites (tertiary alicyclic amines) is 1. The first kappa shape index (κ1) is 20.4. The number of ether oxygens (including phenoxy) is 4. The van der Waals surface area contributed by atoms with Gasteiger partial charge >= 0.3 is 5.97 Å². The smallest absolute Gasteiger partial charge is 0.321 e. The number of methoxy groups -OCH3 is 3. The monoisotopic (exact) mass is 401 g/mol. The van der Waals surface area contributed by atoms with Gasteiger partial charge in [-0.3, -0.25) is 14.4 Å². The lowest BCUT2D eigenvalue weighted by atomic mass is 9.70. The van der Waals surface area contributed by atoms with Gasteiger partial charge in [0.2, 0.25) is 11.7 Å². The summed E-state index contributed by atoms with van der Waals surface area (Å²) in [6, 6.07) is 3.48. The van der Waals surface area contributed by atoms with E-state index in [4.69, 9.17) is 18.9 Å². The number of esters is 1. The van der Waals surface area contributed by atoms with Gasteiger partial charge in [-0.15, -0.1) is 0 Å². The Bertz CT molecular complexity index is 861. The highest BCUT2D eigenvalue weighted by molar-refractivity contribution is 6.09. The number of allylic oxidation sites excluding steroid dienone is 2. The predicted molar refractivity (Wildman–Crippen MR) is 103 cm³/mol. The summed E-state index contributed by atoms with van der Waals surface area (Å²) in [5.41, 5.74) is -0.328. The molecule has 1 aromatic rings. The standard InChI is InChI=1S/C21H23NO7/c1-5-29-20(25)17-19(24)22(21(17)8-6-14(23)7-9-21)12-13-10-15(26-2)18(28-4)16(11-13)27-3/h6-11,17H,5,12H2,1-4H3/t17-/m1/s1. The Morgan fingerprint density at radius 1 is 1.03 bits per heavy atom. The molecule has 0 unspecified atom stereocenters. The predicted octanol–water partition coefficient (Wildman–Crippen LogP) is 1.67. The maximum absolute atomic E-state index is 12.9. The zero-order chi connectivity index (χ0) is 21.2. The third kappa shape index (κ3) is 3.35. The summed E-state index contributed by atoms with van der Waals surface area (Å²) in [5.74, 6) is -0.860. The summed E-state index contributed by atoms with van der Waals surface area (Å²) in [5, 5.41) is 0. The normalized spacial score (nSPS) is 19.2. The second-order valence-corrected chi connectivity index (χ2v) is 6.60. The van der Waals surface area contributed by atoms with Gasteiger partial charge in [-0.2, -0.15) is 0 Å². The van der Waals surface area contributed by atoms with E-state index < -0.39 is 17.4 Å². The minimum atomic E-state index is -1.04. The quantitative estimate of drug-likeness (QED) is 0.390. The van der Waals surface area contributed by atoms with Crippen molar-refractivity contribution in [2.75, 3.05) is 27.9 Å². The van der Waals surface area contributed by atoms with Crippen molar-refractivity contribution in [2.45, 2.75) is 19.0 Å². The van der Waals surface area contributed by atoms with E-state index in [0.29, 0.717) is 22.8 Å². The Morgan fingerprint density at radius 2 is 1.62 bits per heavy atom. The fourth-order valence-corrected chi connectivity index (χ4v) is 3.69. The number of carbonyl (C=O) groups excluding carboxylic acids is 3. The van der Waals surface area contributed by atoms with Crippen molar-refractivity contribution in [3.63, 3.8) is 0 Å². The highest BCUT2D eigenvalue weighted by Gasteiger charge is 2.62. The number of β-lactam (4-membered cyclic amide) rings is 1. The number of amides is 1. The molecule has 154 valence electrons. The van der Waals surface area contributed by atoms with Crippen molar-refractivity contribution >= 4 is 17.7 Å². The summed E-state index contributed by atoms with van der Waals surface area (Å²) in [6.45, 7) is 2.02. The van der Waals surface area contributed by atoms with Crippen molar-refractivity contribution < 1.29 is 33.3 Å². The van der Waals surface area contributed by atoms with Crippen LogP contribution in [0.3, 0.4) is 0 Å². The highest BCUT2D eigenvalue weighted by Crippen LogP contribution is 2.45. The van der Waals surface area contributed by atoms with Crippen LogP contribution in [0.15, 0.2) is 36.4 Å². The van der Waals surface area contributed by atoms with Crippen LogP contribution in [0, 0.1) is 5.92 Å². The van der Waals surface area contributed by atoms with Crippen LogP contribution in [0.5, 0.6) is 17.2 Å². The van der Waals surface area contributed by atoms with Gasteiger partial charge in [0, 0.05) is 6.54 Å². The number of hydrogen-bond donors (Lipinski definition) is 0. The zero-order valence-electron chi connectivity index (χ0n) is 16.8. The molecule has 8 heteroatoms. The molecular formula is C21H23NO7. The van der Waals surface area contributed by atoms with E-state index in [-0.39, 0.29) is 24.8 Å². The molecule has 1 spiro atoms. The minimum absolute atomic E-state index is 0.165. The average Bonchev–Trinajstić information content (AvgIpc) is 2.72. The van der Waals surface area contributed by atoms with Gasteiger partial charge in [0.1, 0.15) is 5.54 Å². The van der Waals surface area contributed by atoms with E-state index >= 15 is 0 Å². The van der Waals surface area contributed by atoms with Crippen LogP contribution in [-0.4, -0.2) is 56.0 Å².